The Labute approximate surface area is 200 Å². The van der Waals surface area contributed by atoms with Crippen molar-refractivity contribution in [2.75, 3.05) is 10.6 Å². The molecule has 10 heteroatoms. The number of carboxylic acids is 1. The zero-order valence-electron chi connectivity index (χ0n) is 18.3. The van der Waals surface area contributed by atoms with Gasteiger partial charge in [0, 0.05) is 6.07 Å². The molecule has 0 aromatic heterocycles. The van der Waals surface area contributed by atoms with Crippen LogP contribution in [-0.4, -0.2) is 16.0 Å². The second-order valence-electron chi connectivity index (χ2n) is 6.79. The Hall–Kier alpha value is -3.36. The molecule has 7 nitrogen and oxygen atoms in total. The highest BCUT2D eigenvalue weighted by Gasteiger charge is 2.29. The lowest BCUT2D eigenvalue weighted by Gasteiger charge is -2.17. The van der Waals surface area contributed by atoms with Crippen molar-refractivity contribution in [2.45, 2.75) is 27.7 Å². The molecule has 174 valence electrons. The maximum absolute atomic E-state index is 15.5. The van der Waals surface area contributed by atoms with Crippen molar-refractivity contribution < 1.29 is 19.2 Å². The summed E-state index contributed by atoms with van der Waals surface area (Å²) in [6, 6.07) is 10.5. The number of carbonyl (C=O) groups is 1. The molecule has 0 spiro atoms. The van der Waals surface area contributed by atoms with E-state index in [9.17, 15) is 20.0 Å². The van der Waals surface area contributed by atoms with E-state index in [1.165, 1.54) is 6.07 Å². The minimum absolute atomic E-state index is 0.215. The third-order valence-corrected chi connectivity index (χ3v) is 5.07. The van der Waals surface area contributed by atoms with Crippen molar-refractivity contribution in [1.82, 2.24) is 0 Å². The van der Waals surface area contributed by atoms with Gasteiger partial charge in [0.1, 0.15) is 0 Å². The van der Waals surface area contributed by atoms with Gasteiger partial charge in [0.2, 0.25) is 0 Å². The molecule has 0 aliphatic heterocycles. The van der Waals surface area contributed by atoms with E-state index in [1.807, 2.05) is 13.8 Å². The average Bonchev–Trinajstić information content (AvgIpc) is 2.75. The van der Waals surface area contributed by atoms with Crippen LogP contribution in [0.3, 0.4) is 0 Å². The van der Waals surface area contributed by atoms with Gasteiger partial charge in [-0.15, -0.1) is 0 Å². The van der Waals surface area contributed by atoms with Crippen LogP contribution < -0.4 is 10.6 Å². The molecule has 0 aliphatic carbocycles. The molecule has 0 saturated heterocycles. The summed E-state index contributed by atoms with van der Waals surface area (Å²) in [5.74, 6) is -2.72. The molecule has 3 rings (SSSR count). The van der Waals surface area contributed by atoms with E-state index in [4.69, 9.17) is 23.2 Å². The van der Waals surface area contributed by atoms with Crippen LogP contribution >= 0.6 is 23.2 Å². The third-order valence-electron chi connectivity index (χ3n) is 4.44. The number of benzene rings is 3. The van der Waals surface area contributed by atoms with E-state index in [1.54, 1.807) is 44.2 Å². The zero-order valence-corrected chi connectivity index (χ0v) is 19.8. The highest BCUT2D eigenvalue weighted by atomic mass is 35.5. The summed E-state index contributed by atoms with van der Waals surface area (Å²) in [5, 5.41) is 26.8. The number of hydrogen-bond acceptors (Lipinski definition) is 5. The van der Waals surface area contributed by atoms with Crippen molar-refractivity contribution >= 4 is 57.6 Å². The summed E-state index contributed by atoms with van der Waals surface area (Å²) in [7, 11) is 0. The fourth-order valence-corrected chi connectivity index (χ4v) is 3.47. The van der Waals surface area contributed by atoms with Crippen molar-refractivity contribution in [3.8, 4) is 0 Å². The molecule has 3 aromatic carbocycles. The summed E-state index contributed by atoms with van der Waals surface area (Å²) in [4.78, 5) is 22.4. The SMILES string of the molecule is CC.Cc1ccc(Nc2c(C(=O)O)cc([N+](=O)[O-])c(Nc3ccc(C)cc3Cl)c2F)c(Cl)c1. The van der Waals surface area contributed by atoms with E-state index in [0.29, 0.717) is 0 Å². The van der Waals surface area contributed by atoms with Crippen molar-refractivity contribution in [3.05, 3.63) is 85.1 Å². The Bertz CT molecular complexity index is 1130. The second-order valence-corrected chi connectivity index (χ2v) is 7.60. The third kappa shape index (κ3) is 5.91. The Morgan fingerprint density at radius 1 is 0.939 bits per heavy atom. The first-order valence-electron chi connectivity index (χ1n) is 9.89. The number of hydrogen-bond donors (Lipinski definition) is 3. The standard InChI is InChI=1S/C21H16Cl2FN3O4.C2H6/c1-10-3-5-15(13(22)7-10)25-19-12(21(28)29)9-17(27(30)31)20(18(19)24)26-16-6-4-11(2)8-14(16)23;1-2/h3-9,25-26H,1-2H3,(H,28,29);1-2H3. The molecule has 0 saturated carbocycles. The fourth-order valence-electron chi connectivity index (χ4n) is 2.90. The van der Waals surface area contributed by atoms with Gasteiger partial charge in [-0.1, -0.05) is 49.2 Å². The molecule has 0 heterocycles. The smallest absolute Gasteiger partial charge is 0.338 e. The van der Waals surface area contributed by atoms with Crippen molar-refractivity contribution in [2.24, 2.45) is 0 Å². The monoisotopic (exact) mass is 493 g/mol. The van der Waals surface area contributed by atoms with Gasteiger partial charge in [0.15, 0.2) is 11.5 Å². The Kier molecular flexibility index (Phi) is 8.62. The van der Waals surface area contributed by atoms with Crippen LogP contribution in [0.5, 0.6) is 0 Å². The normalized spacial score (nSPS) is 10.2. The Morgan fingerprint density at radius 3 is 1.79 bits per heavy atom. The first kappa shape index (κ1) is 25.9. The summed E-state index contributed by atoms with van der Waals surface area (Å²) in [6.45, 7) is 7.60. The van der Waals surface area contributed by atoms with E-state index < -0.39 is 39.3 Å². The number of nitrogens with one attached hydrogen (secondary N) is 2. The first-order valence-corrected chi connectivity index (χ1v) is 10.6. The van der Waals surface area contributed by atoms with E-state index in [-0.39, 0.29) is 21.4 Å². The van der Waals surface area contributed by atoms with Gasteiger partial charge in [-0.05, 0) is 49.2 Å². The van der Waals surface area contributed by atoms with Crippen LogP contribution in [0.2, 0.25) is 10.0 Å². The van der Waals surface area contributed by atoms with Gasteiger partial charge < -0.3 is 15.7 Å². The first-order chi connectivity index (χ1) is 15.6. The number of nitrogens with zero attached hydrogens (tertiary/aromatic N) is 1. The number of rotatable bonds is 6. The van der Waals surface area contributed by atoms with Crippen LogP contribution in [0.4, 0.5) is 32.8 Å². The lowest BCUT2D eigenvalue weighted by Crippen LogP contribution is -2.10. The molecule has 0 unspecified atom stereocenters. The highest BCUT2D eigenvalue weighted by Crippen LogP contribution is 2.40. The second kappa shape index (κ2) is 11.0. The van der Waals surface area contributed by atoms with Crippen LogP contribution in [0, 0.1) is 29.8 Å². The predicted octanol–water partition coefficient (Wildman–Crippen LogP) is 7.87. The molecule has 0 radical (unpaired) electrons. The van der Waals surface area contributed by atoms with Gasteiger partial charge in [0.25, 0.3) is 5.69 Å². The highest BCUT2D eigenvalue weighted by molar-refractivity contribution is 6.33. The number of nitro groups is 1. The van der Waals surface area contributed by atoms with Gasteiger partial charge in [-0.25, -0.2) is 9.18 Å². The molecule has 0 fully saturated rings. The van der Waals surface area contributed by atoms with Crippen molar-refractivity contribution in [1.29, 1.82) is 0 Å². The van der Waals surface area contributed by atoms with Crippen LogP contribution in [0.15, 0.2) is 42.5 Å². The molecule has 0 aliphatic rings. The number of carboxylic acid groups (broad SMARTS) is 1. The Morgan fingerprint density at radius 2 is 1.39 bits per heavy atom. The molecule has 0 atom stereocenters. The summed E-state index contributed by atoms with van der Waals surface area (Å²) < 4.78 is 15.5. The number of anilines is 4. The number of nitro benzene ring substituents is 1. The van der Waals surface area contributed by atoms with Gasteiger partial charge >= 0.3 is 5.97 Å². The minimum Gasteiger partial charge on any atom is -0.478 e. The lowest BCUT2D eigenvalue weighted by atomic mass is 10.1. The maximum Gasteiger partial charge on any atom is 0.338 e. The minimum atomic E-state index is -1.55. The maximum atomic E-state index is 15.5. The number of aromatic carboxylic acids is 1. The molecule has 3 N–H and O–H groups in total. The number of aryl methyl sites for hydroxylation is 2. The van der Waals surface area contributed by atoms with E-state index in [0.717, 1.165) is 17.2 Å². The summed E-state index contributed by atoms with van der Waals surface area (Å²) in [6.07, 6.45) is 0. The molecular weight excluding hydrogens is 472 g/mol. The van der Waals surface area contributed by atoms with Crippen LogP contribution in [-0.2, 0) is 0 Å². The molecule has 3 aromatic rings. The molecule has 0 amide bonds. The quantitative estimate of drug-likeness (QED) is 0.238. The predicted molar refractivity (Wildman–Crippen MR) is 130 cm³/mol. The number of halogens is 3. The van der Waals surface area contributed by atoms with E-state index in [2.05, 4.69) is 10.6 Å². The van der Waals surface area contributed by atoms with E-state index >= 15 is 4.39 Å². The van der Waals surface area contributed by atoms with Gasteiger partial charge in [-0.3, -0.25) is 10.1 Å². The zero-order chi connectivity index (χ0) is 24.9. The lowest BCUT2D eigenvalue weighted by molar-refractivity contribution is -0.384. The summed E-state index contributed by atoms with van der Waals surface area (Å²) >= 11 is 12.3. The van der Waals surface area contributed by atoms with Gasteiger partial charge in [-0.2, -0.15) is 0 Å². The fraction of sp³-hybridized carbons (Fsp3) is 0.174. The average molecular weight is 494 g/mol. The van der Waals surface area contributed by atoms with Crippen LogP contribution in [0.25, 0.3) is 0 Å². The molecule has 0 bridgehead atoms. The summed E-state index contributed by atoms with van der Waals surface area (Å²) in [5.41, 5.74) is -0.259. The van der Waals surface area contributed by atoms with Crippen molar-refractivity contribution in [3.63, 3.8) is 0 Å². The molecule has 33 heavy (non-hydrogen) atoms. The topological polar surface area (TPSA) is 104 Å². The Balaban J connectivity index is 0.00000187. The van der Waals surface area contributed by atoms with Gasteiger partial charge in [0.05, 0.1) is 37.6 Å². The van der Waals surface area contributed by atoms with Crippen LogP contribution in [0.1, 0.15) is 35.3 Å². The largest absolute Gasteiger partial charge is 0.478 e. The molecular formula is C23H22Cl2FN3O4.